The standard InChI is InChI=1S/C27H27N5O6S/c28-26(34)27(15-18-39(35,36)21-7-2-1-3-8-21)24(22-9-4-5-10-23(22)31-32-29)38-25(30-27)19-11-13-20(14-12-19)37-17-6-16-33/h1-5,7-14,24,33H,6,15-18H2,(H2,28,34)/t24-,27-/m0/s1. The van der Waals surface area contributed by atoms with Crippen LogP contribution < -0.4 is 10.5 Å². The van der Waals surface area contributed by atoms with Gasteiger partial charge < -0.3 is 20.3 Å². The largest absolute Gasteiger partial charge is 0.494 e. The molecule has 0 aromatic heterocycles. The van der Waals surface area contributed by atoms with Crippen LogP contribution in [0.25, 0.3) is 10.4 Å². The lowest BCUT2D eigenvalue weighted by Crippen LogP contribution is -2.46. The SMILES string of the molecule is [N-]=[N+]=Nc1ccccc1[C@@H]1OC(c2ccc(OCCCO)cc2)=N[C@]1(CCS(=O)(=O)c1ccccc1)C(N)=O. The van der Waals surface area contributed by atoms with E-state index in [1.54, 1.807) is 66.7 Å². The Labute approximate surface area is 225 Å². The van der Waals surface area contributed by atoms with Crippen LogP contribution in [0.5, 0.6) is 5.75 Å². The van der Waals surface area contributed by atoms with Crippen molar-refractivity contribution in [3.8, 4) is 5.75 Å². The highest BCUT2D eigenvalue weighted by atomic mass is 32.2. The molecular weight excluding hydrogens is 522 g/mol. The normalized spacial score (nSPS) is 18.5. The Morgan fingerprint density at radius 3 is 2.46 bits per heavy atom. The van der Waals surface area contributed by atoms with E-state index in [9.17, 15) is 13.2 Å². The minimum atomic E-state index is -3.79. The van der Waals surface area contributed by atoms with E-state index < -0.39 is 33.1 Å². The number of carbonyl (C=O) groups excluding carboxylic acids is 1. The maximum atomic E-state index is 13.1. The summed E-state index contributed by atoms with van der Waals surface area (Å²) in [4.78, 5) is 20.7. The number of carbonyl (C=O) groups is 1. The topological polar surface area (TPSA) is 177 Å². The number of ether oxygens (including phenoxy) is 2. The fourth-order valence-electron chi connectivity index (χ4n) is 4.26. The van der Waals surface area contributed by atoms with E-state index in [1.807, 2.05) is 0 Å². The Hall–Kier alpha value is -4.38. The summed E-state index contributed by atoms with van der Waals surface area (Å²) in [7, 11) is -3.79. The van der Waals surface area contributed by atoms with Crippen LogP contribution in [0.3, 0.4) is 0 Å². The summed E-state index contributed by atoms with van der Waals surface area (Å²) in [5.41, 5.74) is 14.2. The highest BCUT2D eigenvalue weighted by Crippen LogP contribution is 2.45. The number of amides is 1. The first-order valence-corrected chi connectivity index (χ1v) is 13.8. The zero-order valence-electron chi connectivity index (χ0n) is 20.9. The average molecular weight is 550 g/mol. The van der Waals surface area contributed by atoms with E-state index in [0.717, 1.165) is 0 Å². The molecule has 0 bridgehead atoms. The minimum Gasteiger partial charge on any atom is -0.494 e. The molecule has 0 saturated heterocycles. The number of benzene rings is 3. The molecule has 0 saturated carbocycles. The number of primary amides is 1. The van der Waals surface area contributed by atoms with Crippen LogP contribution in [0.2, 0.25) is 0 Å². The van der Waals surface area contributed by atoms with E-state index in [0.29, 0.717) is 29.9 Å². The third kappa shape index (κ3) is 6.04. The molecule has 1 amide bonds. The number of aliphatic hydroxyl groups excluding tert-OH is 1. The molecule has 202 valence electrons. The molecule has 0 aliphatic carbocycles. The van der Waals surface area contributed by atoms with Crippen LogP contribution in [0.1, 0.15) is 30.1 Å². The van der Waals surface area contributed by atoms with Crippen LogP contribution in [0, 0.1) is 0 Å². The molecule has 0 fully saturated rings. The lowest BCUT2D eigenvalue weighted by Gasteiger charge is -2.29. The van der Waals surface area contributed by atoms with Crippen molar-refractivity contribution >= 4 is 27.3 Å². The lowest BCUT2D eigenvalue weighted by atomic mass is 9.84. The van der Waals surface area contributed by atoms with Gasteiger partial charge in [-0.15, -0.1) is 0 Å². The van der Waals surface area contributed by atoms with Crippen molar-refractivity contribution in [2.45, 2.75) is 29.4 Å². The van der Waals surface area contributed by atoms with Gasteiger partial charge >= 0.3 is 0 Å². The van der Waals surface area contributed by atoms with Gasteiger partial charge in [-0.05, 0) is 41.9 Å². The van der Waals surface area contributed by atoms with Gasteiger partial charge in [0.15, 0.2) is 21.5 Å². The molecule has 0 spiro atoms. The summed E-state index contributed by atoms with van der Waals surface area (Å²) in [5, 5.41) is 12.7. The predicted octanol–water partition coefficient (Wildman–Crippen LogP) is 4.00. The van der Waals surface area contributed by atoms with Gasteiger partial charge in [0, 0.05) is 41.2 Å². The Morgan fingerprint density at radius 1 is 1.10 bits per heavy atom. The zero-order chi connectivity index (χ0) is 27.9. The molecule has 4 rings (SSSR count). The van der Waals surface area contributed by atoms with Crippen LogP contribution >= 0.6 is 0 Å². The summed E-state index contributed by atoms with van der Waals surface area (Å²) >= 11 is 0. The van der Waals surface area contributed by atoms with Crippen molar-refractivity contribution < 1.29 is 27.8 Å². The molecule has 39 heavy (non-hydrogen) atoms. The van der Waals surface area contributed by atoms with Crippen LogP contribution in [0.4, 0.5) is 5.69 Å². The first kappa shape index (κ1) is 27.6. The van der Waals surface area contributed by atoms with Crippen molar-refractivity contribution in [1.29, 1.82) is 0 Å². The smallest absolute Gasteiger partial charge is 0.249 e. The molecule has 3 N–H and O–H groups in total. The Bertz CT molecular complexity index is 1510. The number of aliphatic imine (C=N–C) groups is 1. The second-order valence-electron chi connectivity index (χ2n) is 8.78. The molecule has 1 aliphatic heterocycles. The number of aliphatic hydroxyl groups is 1. The zero-order valence-corrected chi connectivity index (χ0v) is 21.7. The van der Waals surface area contributed by atoms with Gasteiger partial charge in [-0.2, -0.15) is 0 Å². The van der Waals surface area contributed by atoms with Crippen molar-refractivity contribution in [3.05, 3.63) is 100 Å². The van der Waals surface area contributed by atoms with E-state index in [1.165, 1.54) is 12.1 Å². The molecule has 3 aromatic rings. The second kappa shape index (κ2) is 12.0. The second-order valence-corrected chi connectivity index (χ2v) is 10.9. The van der Waals surface area contributed by atoms with Gasteiger partial charge in [0.2, 0.25) is 11.8 Å². The number of hydrogen-bond donors (Lipinski definition) is 2. The molecular formula is C27H27N5O6S. The number of hydrogen-bond acceptors (Lipinski definition) is 8. The van der Waals surface area contributed by atoms with Crippen LogP contribution in [0.15, 0.2) is 93.9 Å². The van der Waals surface area contributed by atoms with Gasteiger partial charge in [0.1, 0.15) is 5.75 Å². The number of nitrogens with zero attached hydrogens (tertiary/aromatic N) is 4. The third-order valence-corrected chi connectivity index (χ3v) is 8.02. The predicted molar refractivity (Wildman–Crippen MR) is 144 cm³/mol. The molecule has 12 heteroatoms. The summed E-state index contributed by atoms with van der Waals surface area (Å²) in [5.74, 6) is -0.678. The fraction of sp³-hybridized carbons (Fsp3) is 0.259. The van der Waals surface area contributed by atoms with Crippen molar-refractivity contribution in [2.24, 2.45) is 15.8 Å². The van der Waals surface area contributed by atoms with E-state index in [2.05, 4.69) is 15.0 Å². The summed E-state index contributed by atoms with van der Waals surface area (Å²) in [6, 6.07) is 21.1. The lowest BCUT2D eigenvalue weighted by molar-refractivity contribution is -0.125. The summed E-state index contributed by atoms with van der Waals surface area (Å²) < 4.78 is 38.0. The number of azide groups is 1. The highest BCUT2D eigenvalue weighted by Gasteiger charge is 2.53. The van der Waals surface area contributed by atoms with Gasteiger partial charge in [0.05, 0.1) is 17.3 Å². The van der Waals surface area contributed by atoms with Crippen LogP contribution in [-0.2, 0) is 19.4 Å². The molecule has 0 unspecified atom stereocenters. The van der Waals surface area contributed by atoms with Crippen molar-refractivity contribution in [2.75, 3.05) is 19.0 Å². The Balaban J connectivity index is 1.75. The summed E-state index contributed by atoms with van der Waals surface area (Å²) in [6.07, 6.45) is -0.949. The van der Waals surface area contributed by atoms with Gasteiger partial charge in [-0.25, -0.2) is 13.4 Å². The Morgan fingerprint density at radius 2 is 1.79 bits per heavy atom. The number of nitrogens with two attached hydrogens (primary N) is 1. The van der Waals surface area contributed by atoms with Crippen molar-refractivity contribution in [1.82, 2.24) is 0 Å². The van der Waals surface area contributed by atoms with E-state index >= 15 is 0 Å². The molecule has 1 aliphatic rings. The maximum absolute atomic E-state index is 13.1. The maximum Gasteiger partial charge on any atom is 0.249 e. The summed E-state index contributed by atoms with van der Waals surface area (Å²) in [6.45, 7) is 0.350. The first-order valence-electron chi connectivity index (χ1n) is 12.1. The van der Waals surface area contributed by atoms with E-state index in [-0.39, 0.29) is 29.5 Å². The number of rotatable bonds is 12. The molecule has 2 atom stereocenters. The quantitative estimate of drug-likeness (QED) is 0.149. The first-order chi connectivity index (χ1) is 18.8. The molecule has 3 aromatic carbocycles. The van der Waals surface area contributed by atoms with Crippen LogP contribution in [-0.4, -0.2) is 49.8 Å². The van der Waals surface area contributed by atoms with E-state index in [4.69, 9.17) is 25.8 Å². The monoisotopic (exact) mass is 549 g/mol. The molecule has 0 radical (unpaired) electrons. The molecule has 1 heterocycles. The number of sulfone groups is 1. The third-order valence-electron chi connectivity index (χ3n) is 6.29. The van der Waals surface area contributed by atoms with Gasteiger partial charge in [-0.1, -0.05) is 47.6 Å². The fourth-order valence-corrected chi connectivity index (χ4v) is 5.64. The highest BCUT2D eigenvalue weighted by molar-refractivity contribution is 7.91. The van der Waals surface area contributed by atoms with Gasteiger partial charge in [-0.3, -0.25) is 4.79 Å². The molecule has 11 nitrogen and oxygen atoms in total. The Kier molecular flexibility index (Phi) is 8.50. The van der Waals surface area contributed by atoms with Gasteiger partial charge in [0.25, 0.3) is 0 Å². The average Bonchev–Trinajstić information content (AvgIpc) is 3.34. The minimum absolute atomic E-state index is 0.0105. The van der Waals surface area contributed by atoms with Crippen molar-refractivity contribution in [3.63, 3.8) is 0 Å².